The van der Waals surface area contributed by atoms with Gasteiger partial charge in [0.1, 0.15) is 11.9 Å². The summed E-state index contributed by atoms with van der Waals surface area (Å²) in [6, 6.07) is 22.1. The zero-order chi connectivity index (χ0) is 20.7. The lowest BCUT2D eigenvalue weighted by Gasteiger charge is -2.10. The average Bonchev–Trinajstić information content (AvgIpc) is 3.33. The van der Waals surface area contributed by atoms with Crippen LogP contribution in [0.5, 0.6) is 0 Å². The van der Waals surface area contributed by atoms with Crippen molar-refractivity contribution in [1.82, 2.24) is 15.3 Å². The van der Waals surface area contributed by atoms with Crippen LogP contribution in [0.1, 0.15) is 16.5 Å². The van der Waals surface area contributed by atoms with E-state index in [4.69, 9.17) is 11.6 Å². The summed E-state index contributed by atoms with van der Waals surface area (Å²) in [5, 5.41) is 10.5. The molecule has 2 N–H and O–H groups in total. The maximum atomic E-state index is 12.9. The largest absolute Gasteiger partial charge is 0.330 e. The summed E-state index contributed by atoms with van der Waals surface area (Å²) in [6.45, 7) is 2.21. The topological polar surface area (TPSA) is 58.4 Å². The van der Waals surface area contributed by atoms with Crippen LogP contribution in [0.2, 0.25) is 5.02 Å². The number of amides is 1. The number of hydrazone groups is 1. The minimum atomic E-state index is -0.143. The molecule has 0 saturated heterocycles. The molecule has 1 unspecified atom stereocenters. The van der Waals surface area contributed by atoms with Crippen LogP contribution in [-0.4, -0.2) is 15.6 Å². The van der Waals surface area contributed by atoms with Gasteiger partial charge < -0.3 is 9.88 Å². The first-order chi connectivity index (χ1) is 14.6. The Hall–Kier alpha value is -2.96. The van der Waals surface area contributed by atoms with Gasteiger partial charge in [-0.05, 0) is 24.6 Å². The first-order valence-electron chi connectivity index (χ1n) is 9.62. The number of hydrogen-bond acceptors (Lipinski definition) is 4. The van der Waals surface area contributed by atoms with Crippen LogP contribution in [0.15, 0.2) is 71.8 Å². The number of halogens is 1. The van der Waals surface area contributed by atoms with E-state index in [9.17, 15) is 4.79 Å². The van der Waals surface area contributed by atoms with Crippen LogP contribution >= 0.6 is 23.4 Å². The highest BCUT2D eigenvalue weighted by atomic mass is 35.5. The first-order valence-corrected chi connectivity index (χ1v) is 10.9. The molecular formula is C23H19ClN4OS. The summed E-state index contributed by atoms with van der Waals surface area (Å²) in [4.78, 5) is 12.9. The van der Waals surface area contributed by atoms with Gasteiger partial charge in [0.15, 0.2) is 5.17 Å². The molecule has 5 nitrogen and oxygen atoms in total. The Balaban J connectivity index is 1.36. The number of hydrogen-bond donors (Lipinski definition) is 2. The van der Waals surface area contributed by atoms with Crippen molar-refractivity contribution in [2.24, 2.45) is 5.10 Å². The molecular weight excluding hydrogens is 416 g/mol. The standard InChI is InChI=1S/C23H19ClN4OS/c1-14-9-11-15(12-10-14)22-26-27-23(30-22)25-20(29)13-28-19-8-3-2-5-16(19)17-6-4-7-18(24)21(17)28/h2-12,22,26H,13H2,1H3,(H,25,27,29). The van der Waals surface area contributed by atoms with Crippen molar-refractivity contribution in [1.29, 1.82) is 0 Å². The number of nitrogens with zero attached hydrogens (tertiary/aromatic N) is 2. The van der Waals surface area contributed by atoms with Crippen LogP contribution in [0.3, 0.4) is 0 Å². The Labute approximate surface area is 183 Å². The Morgan fingerprint density at radius 2 is 1.87 bits per heavy atom. The van der Waals surface area contributed by atoms with E-state index in [1.165, 1.54) is 17.3 Å². The number of carbonyl (C=O) groups excluding carboxylic acids is 1. The molecule has 1 atom stereocenters. The molecule has 3 aromatic carbocycles. The fourth-order valence-electron chi connectivity index (χ4n) is 3.75. The molecule has 4 aromatic rings. The molecule has 1 amide bonds. The van der Waals surface area contributed by atoms with E-state index in [0.717, 1.165) is 27.4 Å². The number of para-hydroxylation sites is 2. The second-order valence-corrected chi connectivity index (χ2v) is 8.74. The van der Waals surface area contributed by atoms with Crippen molar-refractivity contribution in [2.75, 3.05) is 0 Å². The minimum absolute atomic E-state index is 0.0106. The minimum Gasteiger partial charge on any atom is -0.330 e. The summed E-state index contributed by atoms with van der Waals surface area (Å²) in [5.74, 6) is -0.143. The first kappa shape index (κ1) is 19.0. The van der Waals surface area contributed by atoms with Crippen LogP contribution in [0.25, 0.3) is 21.8 Å². The maximum absolute atomic E-state index is 12.9. The van der Waals surface area contributed by atoms with Gasteiger partial charge in [0.2, 0.25) is 5.91 Å². The van der Waals surface area contributed by atoms with Gasteiger partial charge in [0.25, 0.3) is 0 Å². The van der Waals surface area contributed by atoms with Crippen molar-refractivity contribution >= 4 is 56.2 Å². The van der Waals surface area contributed by atoms with Crippen LogP contribution in [0.4, 0.5) is 0 Å². The normalized spacial score (nSPS) is 15.9. The lowest BCUT2D eigenvalue weighted by atomic mass is 10.1. The Bertz CT molecular complexity index is 1300. The molecule has 0 fully saturated rings. The van der Waals surface area contributed by atoms with Crippen molar-refractivity contribution in [3.63, 3.8) is 0 Å². The van der Waals surface area contributed by atoms with Gasteiger partial charge in [-0.2, -0.15) is 5.10 Å². The van der Waals surface area contributed by atoms with E-state index >= 15 is 0 Å². The highest BCUT2D eigenvalue weighted by molar-refractivity contribution is 8.14. The molecule has 5 rings (SSSR count). The van der Waals surface area contributed by atoms with E-state index in [2.05, 4.69) is 53.1 Å². The molecule has 150 valence electrons. The summed E-state index contributed by atoms with van der Waals surface area (Å²) in [6.07, 6.45) is 0. The molecule has 1 aromatic heterocycles. The molecule has 0 bridgehead atoms. The SMILES string of the molecule is Cc1ccc(C2NN=C(NC(=O)Cn3c4ccccc4c4cccc(Cl)c43)S2)cc1. The predicted octanol–water partition coefficient (Wildman–Crippen LogP) is 5.18. The van der Waals surface area contributed by atoms with Crippen molar-refractivity contribution < 1.29 is 4.79 Å². The summed E-state index contributed by atoms with van der Waals surface area (Å²) in [5.41, 5.74) is 7.26. The molecule has 1 aliphatic rings. The van der Waals surface area contributed by atoms with E-state index < -0.39 is 0 Å². The predicted molar refractivity (Wildman–Crippen MR) is 125 cm³/mol. The lowest BCUT2D eigenvalue weighted by molar-refractivity contribution is -0.120. The number of fused-ring (bicyclic) bond motifs is 3. The van der Waals surface area contributed by atoms with Crippen LogP contribution in [0, 0.1) is 6.92 Å². The van der Waals surface area contributed by atoms with Gasteiger partial charge in [-0.15, -0.1) is 0 Å². The summed E-state index contributed by atoms with van der Waals surface area (Å²) < 4.78 is 1.97. The monoisotopic (exact) mass is 434 g/mol. The third-order valence-electron chi connectivity index (χ3n) is 5.18. The molecule has 1 aliphatic heterocycles. The van der Waals surface area contributed by atoms with Crippen molar-refractivity contribution in [3.8, 4) is 0 Å². The second-order valence-electron chi connectivity index (χ2n) is 7.24. The van der Waals surface area contributed by atoms with Crippen molar-refractivity contribution in [2.45, 2.75) is 18.8 Å². The Morgan fingerprint density at radius 3 is 2.70 bits per heavy atom. The molecule has 0 aliphatic carbocycles. The summed E-state index contributed by atoms with van der Waals surface area (Å²) in [7, 11) is 0. The fraction of sp³-hybridized carbons (Fsp3) is 0.130. The van der Waals surface area contributed by atoms with Gasteiger partial charge in [-0.1, -0.05) is 83.5 Å². The number of thioether (sulfide) groups is 1. The molecule has 30 heavy (non-hydrogen) atoms. The van der Waals surface area contributed by atoms with Gasteiger partial charge >= 0.3 is 0 Å². The van der Waals surface area contributed by atoms with E-state index in [-0.39, 0.29) is 17.8 Å². The zero-order valence-electron chi connectivity index (χ0n) is 16.2. The fourth-order valence-corrected chi connectivity index (χ4v) is 4.93. The quantitative estimate of drug-likeness (QED) is 0.467. The zero-order valence-corrected chi connectivity index (χ0v) is 17.8. The lowest BCUT2D eigenvalue weighted by Crippen LogP contribution is -2.30. The molecule has 2 heterocycles. The number of rotatable bonds is 3. The highest BCUT2D eigenvalue weighted by Crippen LogP contribution is 2.34. The van der Waals surface area contributed by atoms with E-state index in [1.807, 2.05) is 41.0 Å². The number of carbonyl (C=O) groups is 1. The molecule has 0 radical (unpaired) electrons. The number of aromatic nitrogens is 1. The van der Waals surface area contributed by atoms with Gasteiger partial charge in [-0.25, -0.2) is 0 Å². The maximum Gasteiger partial charge on any atom is 0.245 e. The Morgan fingerprint density at radius 1 is 1.10 bits per heavy atom. The van der Waals surface area contributed by atoms with Crippen LogP contribution in [-0.2, 0) is 11.3 Å². The van der Waals surface area contributed by atoms with Gasteiger partial charge in [0, 0.05) is 16.3 Å². The third kappa shape index (κ3) is 3.42. The summed E-state index contributed by atoms with van der Waals surface area (Å²) >= 11 is 7.99. The number of nitrogens with one attached hydrogen (secondary N) is 2. The van der Waals surface area contributed by atoms with Crippen LogP contribution < -0.4 is 10.7 Å². The van der Waals surface area contributed by atoms with E-state index in [0.29, 0.717) is 10.2 Å². The van der Waals surface area contributed by atoms with Crippen molar-refractivity contribution in [3.05, 3.63) is 82.9 Å². The van der Waals surface area contributed by atoms with E-state index in [1.54, 1.807) is 0 Å². The highest BCUT2D eigenvalue weighted by Gasteiger charge is 2.23. The smallest absolute Gasteiger partial charge is 0.245 e. The molecule has 0 saturated carbocycles. The van der Waals surface area contributed by atoms with Gasteiger partial charge in [-0.3, -0.25) is 10.2 Å². The third-order valence-corrected chi connectivity index (χ3v) is 6.52. The Kier molecular flexibility index (Phi) is 4.89. The number of benzene rings is 3. The second kappa shape index (κ2) is 7.70. The number of amidine groups is 1. The number of aryl methyl sites for hydroxylation is 1. The molecule has 0 spiro atoms. The van der Waals surface area contributed by atoms with Gasteiger partial charge in [0.05, 0.1) is 10.5 Å². The average molecular weight is 435 g/mol. The molecule has 7 heteroatoms.